The monoisotopic (exact) mass is 197 g/mol. The Morgan fingerprint density at radius 1 is 1.62 bits per heavy atom. The van der Waals surface area contributed by atoms with E-state index in [4.69, 9.17) is 16.3 Å². The smallest absolute Gasteiger partial charge is 0.243 e. The molecular formula is C8H8ClN3O. The topological polar surface area (TPSA) is 50.8 Å². The second kappa shape index (κ2) is 3.22. The number of rotatable bonds is 2. The van der Waals surface area contributed by atoms with Crippen molar-refractivity contribution in [3.8, 4) is 5.88 Å². The summed E-state index contributed by atoms with van der Waals surface area (Å²) in [7, 11) is 0. The van der Waals surface area contributed by atoms with Crippen LogP contribution in [0.4, 0.5) is 0 Å². The minimum absolute atomic E-state index is 0.403. The molecule has 0 spiro atoms. The third kappa shape index (κ3) is 1.45. The highest BCUT2D eigenvalue weighted by molar-refractivity contribution is 6.30. The van der Waals surface area contributed by atoms with Crippen molar-refractivity contribution in [2.45, 2.75) is 6.92 Å². The molecule has 1 N–H and O–H groups in total. The molecule has 0 atom stereocenters. The normalized spacial score (nSPS) is 10.6. The van der Waals surface area contributed by atoms with Crippen molar-refractivity contribution in [3.05, 3.63) is 17.5 Å². The summed E-state index contributed by atoms with van der Waals surface area (Å²) in [6.07, 6.45) is 1.59. The number of aromatic amines is 1. The molecule has 0 bridgehead atoms. The number of imidazole rings is 1. The Morgan fingerprint density at radius 3 is 3.23 bits per heavy atom. The van der Waals surface area contributed by atoms with E-state index in [9.17, 15) is 0 Å². The van der Waals surface area contributed by atoms with Crippen LogP contribution in [0.15, 0.2) is 12.4 Å². The molecule has 0 aromatic carbocycles. The van der Waals surface area contributed by atoms with Gasteiger partial charge in [0, 0.05) is 6.07 Å². The lowest BCUT2D eigenvalue weighted by molar-refractivity contribution is 0.331. The maximum Gasteiger partial charge on any atom is 0.243 e. The van der Waals surface area contributed by atoms with Gasteiger partial charge in [0.25, 0.3) is 0 Å². The van der Waals surface area contributed by atoms with Gasteiger partial charge in [-0.1, -0.05) is 11.6 Å². The molecule has 2 heterocycles. The molecule has 4 nitrogen and oxygen atoms in total. The molecular weight excluding hydrogens is 190 g/mol. The van der Waals surface area contributed by atoms with Crippen LogP contribution in [-0.4, -0.2) is 21.6 Å². The van der Waals surface area contributed by atoms with Gasteiger partial charge in [-0.05, 0) is 6.92 Å². The molecule has 2 rings (SSSR count). The zero-order valence-electron chi connectivity index (χ0n) is 7.04. The summed E-state index contributed by atoms with van der Waals surface area (Å²) < 4.78 is 5.28. The molecule has 0 radical (unpaired) electrons. The van der Waals surface area contributed by atoms with Gasteiger partial charge in [-0.15, -0.1) is 0 Å². The van der Waals surface area contributed by atoms with Crippen molar-refractivity contribution in [2.75, 3.05) is 6.61 Å². The SMILES string of the molecule is CCOc1nc(Cl)cc2[nH]cnc12. The second-order valence-corrected chi connectivity index (χ2v) is 2.87. The van der Waals surface area contributed by atoms with Crippen molar-refractivity contribution in [3.63, 3.8) is 0 Å². The van der Waals surface area contributed by atoms with Gasteiger partial charge in [-0.25, -0.2) is 4.98 Å². The average Bonchev–Trinajstić information content (AvgIpc) is 2.52. The van der Waals surface area contributed by atoms with Crippen LogP contribution < -0.4 is 4.74 Å². The maximum absolute atomic E-state index is 5.78. The van der Waals surface area contributed by atoms with E-state index in [0.717, 1.165) is 5.52 Å². The first-order valence-corrected chi connectivity index (χ1v) is 4.31. The lowest BCUT2D eigenvalue weighted by Crippen LogP contribution is -1.95. The molecule has 0 saturated carbocycles. The zero-order valence-corrected chi connectivity index (χ0v) is 7.80. The summed E-state index contributed by atoms with van der Waals surface area (Å²) in [6, 6.07) is 1.71. The fraction of sp³-hybridized carbons (Fsp3) is 0.250. The van der Waals surface area contributed by atoms with Gasteiger partial charge in [-0.3, -0.25) is 0 Å². The fourth-order valence-electron chi connectivity index (χ4n) is 1.12. The summed E-state index contributed by atoms with van der Waals surface area (Å²) >= 11 is 5.78. The highest BCUT2D eigenvalue weighted by Gasteiger charge is 2.07. The fourth-order valence-corrected chi connectivity index (χ4v) is 1.31. The number of fused-ring (bicyclic) bond motifs is 1. The standard InChI is InChI=1S/C8H8ClN3O/c1-2-13-8-7-5(10-4-11-7)3-6(9)12-8/h3-4H,2H2,1H3,(H,10,11). The lowest BCUT2D eigenvalue weighted by atomic mass is 10.4. The zero-order chi connectivity index (χ0) is 9.26. The van der Waals surface area contributed by atoms with E-state index in [2.05, 4.69) is 15.0 Å². The van der Waals surface area contributed by atoms with Crippen molar-refractivity contribution in [1.82, 2.24) is 15.0 Å². The summed E-state index contributed by atoms with van der Waals surface area (Å²) in [6.45, 7) is 2.44. The minimum atomic E-state index is 0.403. The number of halogens is 1. The van der Waals surface area contributed by atoms with Gasteiger partial charge in [0.05, 0.1) is 18.5 Å². The Morgan fingerprint density at radius 2 is 2.46 bits per heavy atom. The molecule has 0 aliphatic heterocycles. The summed E-state index contributed by atoms with van der Waals surface area (Å²) in [5.41, 5.74) is 1.55. The molecule has 0 amide bonds. The van der Waals surface area contributed by atoms with E-state index in [1.807, 2.05) is 6.92 Å². The number of nitrogens with zero attached hydrogens (tertiary/aromatic N) is 2. The molecule has 5 heteroatoms. The van der Waals surface area contributed by atoms with Gasteiger partial charge >= 0.3 is 0 Å². The van der Waals surface area contributed by atoms with E-state index in [0.29, 0.717) is 23.2 Å². The average molecular weight is 198 g/mol. The first-order chi connectivity index (χ1) is 6.31. The summed E-state index contributed by atoms with van der Waals surface area (Å²) in [4.78, 5) is 11.0. The number of ether oxygens (including phenoxy) is 1. The number of nitrogens with one attached hydrogen (secondary N) is 1. The van der Waals surface area contributed by atoms with Gasteiger partial charge < -0.3 is 9.72 Å². The van der Waals surface area contributed by atoms with Crippen LogP contribution in [0, 0.1) is 0 Å². The molecule has 0 saturated heterocycles. The molecule has 2 aromatic rings. The third-order valence-electron chi connectivity index (χ3n) is 1.62. The maximum atomic E-state index is 5.78. The number of pyridine rings is 1. The number of hydrogen-bond acceptors (Lipinski definition) is 3. The van der Waals surface area contributed by atoms with Gasteiger partial charge in [0.1, 0.15) is 5.15 Å². The van der Waals surface area contributed by atoms with Gasteiger partial charge in [0.2, 0.25) is 5.88 Å². The van der Waals surface area contributed by atoms with E-state index in [1.165, 1.54) is 0 Å². The van der Waals surface area contributed by atoms with Gasteiger partial charge in [0.15, 0.2) is 5.52 Å². The van der Waals surface area contributed by atoms with Crippen LogP contribution >= 0.6 is 11.6 Å². The molecule has 13 heavy (non-hydrogen) atoms. The quantitative estimate of drug-likeness (QED) is 0.750. The number of H-pyrrole nitrogens is 1. The molecule has 2 aromatic heterocycles. The van der Waals surface area contributed by atoms with E-state index in [-0.39, 0.29) is 0 Å². The predicted octanol–water partition coefficient (Wildman–Crippen LogP) is 2.01. The van der Waals surface area contributed by atoms with Crippen LogP contribution in [0.1, 0.15) is 6.92 Å². The number of hydrogen-bond donors (Lipinski definition) is 1. The minimum Gasteiger partial charge on any atom is -0.476 e. The number of aromatic nitrogens is 3. The van der Waals surface area contributed by atoms with Gasteiger partial charge in [-0.2, -0.15) is 4.98 Å². The van der Waals surface area contributed by atoms with Crippen molar-refractivity contribution >= 4 is 22.6 Å². The van der Waals surface area contributed by atoms with Crippen LogP contribution in [0.25, 0.3) is 11.0 Å². The van der Waals surface area contributed by atoms with E-state index in [1.54, 1.807) is 12.4 Å². The van der Waals surface area contributed by atoms with Crippen LogP contribution in [-0.2, 0) is 0 Å². The summed E-state index contributed by atoms with van der Waals surface area (Å²) in [5.74, 6) is 0.478. The van der Waals surface area contributed by atoms with Crippen molar-refractivity contribution in [1.29, 1.82) is 0 Å². The molecule has 0 aliphatic carbocycles. The Bertz CT molecular complexity index is 426. The summed E-state index contributed by atoms with van der Waals surface area (Å²) in [5, 5.41) is 0.403. The highest BCUT2D eigenvalue weighted by atomic mass is 35.5. The predicted molar refractivity (Wildman–Crippen MR) is 50.1 cm³/mol. The Balaban J connectivity index is 2.63. The molecule has 68 valence electrons. The lowest BCUT2D eigenvalue weighted by Gasteiger charge is -2.02. The molecule has 0 fully saturated rings. The van der Waals surface area contributed by atoms with E-state index >= 15 is 0 Å². The van der Waals surface area contributed by atoms with Crippen molar-refractivity contribution < 1.29 is 4.74 Å². The van der Waals surface area contributed by atoms with Crippen LogP contribution in [0.5, 0.6) is 5.88 Å². The Hall–Kier alpha value is -1.29. The van der Waals surface area contributed by atoms with Crippen molar-refractivity contribution in [2.24, 2.45) is 0 Å². The molecule has 0 unspecified atom stereocenters. The van der Waals surface area contributed by atoms with Crippen LogP contribution in [0.3, 0.4) is 0 Å². The third-order valence-corrected chi connectivity index (χ3v) is 1.82. The Labute approximate surface area is 79.9 Å². The first-order valence-electron chi connectivity index (χ1n) is 3.93. The molecule has 0 aliphatic rings. The van der Waals surface area contributed by atoms with E-state index < -0.39 is 0 Å². The first kappa shape index (κ1) is 8.31. The second-order valence-electron chi connectivity index (χ2n) is 2.48. The highest BCUT2D eigenvalue weighted by Crippen LogP contribution is 2.23. The largest absolute Gasteiger partial charge is 0.476 e. The Kier molecular flexibility index (Phi) is 2.06. The van der Waals surface area contributed by atoms with Crippen LogP contribution in [0.2, 0.25) is 5.15 Å².